The van der Waals surface area contributed by atoms with E-state index in [1.165, 1.54) is 9.13 Å². The summed E-state index contributed by atoms with van der Waals surface area (Å²) in [6.45, 7) is 0. The Bertz CT molecular complexity index is 1650. The molecule has 0 aliphatic rings. The monoisotopic (exact) mass is 442 g/mol. The molecule has 2 aromatic heterocycles. The minimum atomic E-state index is -0.228. The fourth-order valence-corrected chi connectivity index (χ4v) is 4.20. The zero-order valence-electron chi connectivity index (χ0n) is 18.0. The number of hydrogen-bond acceptors (Lipinski definition) is 4. The quantitative estimate of drug-likeness (QED) is 0.397. The van der Waals surface area contributed by atoms with Gasteiger partial charge in [-0.1, -0.05) is 60.7 Å². The first kappa shape index (κ1) is 19.8. The normalized spacial score (nSPS) is 11.2. The van der Waals surface area contributed by atoms with Crippen molar-refractivity contribution < 1.29 is 0 Å². The van der Waals surface area contributed by atoms with Gasteiger partial charge in [-0.2, -0.15) is 0 Å². The summed E-state index contributed by atoms with van der Waals surface area (Å²) in [6.07, 6.45) is 0. The van der Waals surface area contributed by atoms with Crippen LogP contribution in [0.5, 0.6) is 0 Å². The second-order valence-electron chi connectivity index (χ2n) is 7.86. The molecule has 0 unspecified atom stereocenters. The highest BCUT2D eigenvalue weighted by Gasteiger charge is 2.21. The van der Waals surface area contributed by atoms with Crippen molar-refractivity contribution in [2.75, 3.05) is 0 Å². The van der Waals surface area contributed by atoms with E-state index in [0.717, 1.165) is 0 Å². The molecule has 0 aliphatic carbocycles. The fraction of sp³-hybridized carbons (Fsp3) is 0. The predicted octanol–water partition coefficient (Wildman–Crippen LogP) is 4.75. The van der Waals surface area contributed by atoms with Gasteiger partial charge < -0.3 is 0 Å². The van der Waals surface area contributed by atoms with Gasteiger partial charge in [0.05, 0.1) is 33.2 Å². The lowest BCUT2D eigenvalue weighted by Crippen LogP contribution is -2.27. The second kappa shape index (κ2) is 7.94. The zero-order chi connectivity index (χ0) is 23.1. The molecule has 0 atom stereocenters. The van der Waals surface area contributed by atoms with Crippen molar-refractivity contribution in [2.24, 2.45) is 0 Å². The van der Waals surface area contributed by atoms with Gasteiger partial charge in [0.1, 0.15) is 0 Å². The topological polar surface area (TPSA) is 69.8 Å². The van der Waals surface area contributed by atoms with E-state index in [0.29, 0.717) is 44.8 Å². The Hall–Kier alpha value is -4.84. The van der Waals surface area contributed by atoms with Crippen LogP contribution >= 0.6 is 0 Å². The van der Waals surface area contributed by atoms with Crippen LogP contribution in [-0.4, -0.2) is 19.1 Å². The highest BCUT2D eigenvalue weighted by atomic mass is 16.1. The van der Waals surface area contributed by atoms with E-state index in [2.05, 4.69) is 0 Å². The first-order valence-corrected chi connectivity index (χ1v) is 10.9. The number of para-hydroxylation sites is 4. The summed E-state index contributed by atoms with van der Waals surface area (Å²) < 4.78 is 3.05. The Morgan fingerprint density at radius 2 is 0.794 bits per heavy atom. The lowest BCUT2D eigenvalue weighted by Gasteiger charge is -2.17. The lowest BCUT2D eigenvalue weighted by atomic mass is 10.2. The van der Waals surface area contributed by atoms with E-state index in [1.54, 1.807) is 24.3 Å². The summed E-state index contributed by atoms with van der Waals surface area (Å²) in [5.41, 5.74) is 1.90. The van der Waals surface area contributed by atoms with Gasteiger partial charge >= 0.3 is 0 Å². The Morgan fingerprint density at radius 1 is 0.441 bits per heavy atom. The molecule has 6 aromatic rings. The summed E-state index contributed by atoms with van der Waals surface area (Å²) in [5.74, 6) is 0.586. The molecule has 4 aromatic carbocycles. The second-order valence-corrected chi connectivity index (χ2v) is 7.86. The lowest BCUT2D eigenvalue weighted by molar-refractivity contribution is 0.900. The molecule has 0 saturated carbocycles. The molecular weight excluding hydrogens is 424 g/mol. The Kier molecular flexibility index (Phi) is 4.63. The van der Waals surface area contributed by atoms with Crippen molar-refractivity contribution in [3.05, 3.63) is 130 Å². The predicted molar refractivity (Wildman–Crippen MR) is 134 cm³/mol. The average molecular weight is 442 g/mol. The molecule has 162 valence electrons. The molecule has 0 bridgehead atoms. The van der Waals surface area contributed by atoms with E-state index >= 15 is 0 Å². The van der Waals surface area contributed by atoms with E-state index in [-0.39, 0.29) is 11.1 Å². The number of benzene rings is 4. The van der Waals surface area contributed by atoms with Gasteiger partial charge in [0, 0.05) is 0 Å². The van der Waals surface area contributed by atoms with Crippen molar-refractivity contribution in [2.45, 2.75) is 0 Å². The number of hydrogen-bond donors (Lipinski definition) is 0. The van der Waals surface area contributed by atoms with Crippen LogP contribution in [0.1, 0.15) is 0 Å². The average Bonchev–Trinajstić information content (AvgIpc) is 2.89. The Balaban J connectivity index is 1.82. The maximum atomic E-state index is 13.7. The van der Waals surface area contributed by atoms with Crippen molar-refractivity contribution in [1.29, 1.82) is 0 Å². The van der Waals surface area contributed by atoms with E-state index < -0.39 is 0 Å². The first-order chi connectivity index (χ1) is 16.7. The first-order valence-electron chi connectivity index (χ1n) is 10.9. The molecule has 0 amide bonds. The van der Waals surface area contributed by atoms with Crippen LogP contribution in [-0.2, 0) is 0 Å². The van der Waals surface area contributed by atoms with Gasteiger partial charge in [-0.3, -0.25) is 18.7 Å². The largest absolute Gasteiger partial charge is 0.268 e. The number of nitrogens with zero attached hydrogens (tertiary/aromatic N) is 4. The molecule has 0 saturated heterocycles. The van der Waals surface area contributed by atoms with Crippen LogP contribution in [0, 0.1) is 0 Å². The third-order valence-electron chi connectivity index (χ3n) is 5.78. The van der Waals surface area contributed by atoms with Crippen molar-refractivity contribution in [1.82, 2.24) is 19.1 Å². The van der Waals surface area contributed by atoms with Gasteiger partial charge in [-0.15, -0.1) is 0 Å². The van der Waals surface area contributed by atoms with Crippen LogP contribution in [0.15, 0.2) is 119 Å². The van der Waals surface area contributed by atoms with E-state index in [4.69, 9.17) is 9.97 Å². The minimum absolute atomic E-state index is 0.228. The van der Waals surface area contributed by atoms with Gasteiger partial charge in [-0.25, -0.2) is 9.97 Å². The molecule has 6 rings (SSSR count). The molecule has 6 nitrogen and oxygen atoms in total. The third kappa shape index (κ3) is 3.12. The van der Waals surface area contributed by atoms with Crippen LogP contribution in [0.4, 0.5) is 0 Å². The van der Waals surface area contributed by atoms with E-state index in [9.17, 15) is 9.59 Å². The van der Waals surface area contributed by atoms with E-state index in [1.807, 2.05) is 84.9 Å². The highest BCUT2D eigenvalue weighted by Crippen LogP contribution is 2.24. The molecule has 0 aliphatic heterocycles. The Morgan fingerprint density at radius 3 is 1.21 bits per heavy atom. The molecule has 0 fully saturated rings. The smallest absolute Gasteiger partial charge is 0.266 e. The van der Waals surface area contributed by atoms with Gasteiger partial charge in [0.2, 0.25) is 0 Å². The zero-order valence-corrected chi connectivity index (χ0v) is 18.0. The summed E-state index contributed by atoms with van der Waals surface area (Å²) >= 11 is 0. The fourth-order valence-electron chi connectivity index (χ4n) is 4.20. The highest BCUT2D eigenvalue weighted by molar-refractivity contribution is 5.82. The molecular formula is C28H18N4O2. The van der Waals surface area contributed by atoms with Gasteiger partial charge in [-0.05, 0) is 48.5 Å². The van der Waals surface area contributed by atoms with Gasteiger partial charge in [0.15, 0.2) is 11.6 Å². The minimum Gasteiger partial charge on any atom is -0.268 e. The van der Waals surface area contributed by atoms with Crippen molar-refractivity contribution in [3.63, 3.8) is 0 Å². The molecule has 34 heavy (non-hydrogen) atoms. The number of aromatic nitrogens is 4. The SMILES string of the molecule is O=c1c2ccccc2nc(-c2nc3ccccc3c(=O)n2-c2ccccc2)n1-c1ccccc1. The molecule has 0 N–H and O–H groups in total. The summed E-state index contributed by atoms with van der Waals surface area (Å²) in [6, 6.07) is 33.0. The summed E-state index contributed by atoms with van der Waals surface area (Å²) in [7, 11) is 0. The van der Waals surface area contributed by atoms with Crippen LogP contribution < -0.4 is 11.1 Å². The third-order valence-corrected chi connectivity index (χ3v) is 5.78. The molecule has 6 heteroatoms. The molecule has 0 radical (unpaired) electrons. The summed E-state index contributed by atoms with van der Waals surface area (Å²) in [4.78, 5) is 37.2. The van der Waals surface area contributed by atoms with Crippen molar-refractivity contribution >= 4 is 21.8 Å². The number of rotatable bonds is 3. The van der Waals surface area contributed by atoms with Crippen LogP contribution in [0.2, 0.25) is 0 Å². The standard InChI is InChI=1S/C28H18N4O2/c33-27-21-15-7-9-17-23(21)29-25(31(27)19-11-3-1-4-12-19)26-30-24-18-10-8-16-22(24)28(34)32(26)20-13-5-2-6-14-20/h1-18H. The molecule has 2 heterocycles. The van der Waals surface area contributed by atoms with Crippen molar-refractivity contribution in [3.8, 4) is 23.0 Å². The number of fused-ring (bicyclic) bond motifs is 2. The van der Waals surface area contributed by atoms with Crippen LogP contribution in [0.25, 0.3) is 44.8 Å². The van der Waals surface area contributed by atoms with Gasteiger partial charge in [0.25, 0.3) is 11.1 Å². The maximum absolute atomic E-state index is 13.7. The van der Waals surface area contributed by atoms with Crippen LogP contribution in [0.3, 0.4) is 0 Å². The maximum Gasteiger partial charge on any atom is 0.266 e. The molecule has 0 spiro atoms. The summed E-state index contributed by atoms with van der Waals surface area (Å²) in [5, 5.41) is 0.981. The Labute approximate surface area is 194 Å².